The summed E-state index contributed by atoms with van der Waals surface area (Å²) in [5.41, 5.74) is 5.33. The van der Waals surface area contributed by atoms with Crippen molar-refractivity contribution in [3.8, 4) is 5.88 Å². The van der Waals surface area contributed by atoms with Gasteiger partial charge in [0.1, 0.15) is 0 Å². The standard InChI is InChI=1S/C10H17BrN4O2/c1-15(4-6-17-5-3-12)10-13-7-8(11)9(14-10)16-2/h7H,3-6,12H2,1-2H3. The van der Waals surface area contributed by atoms with Crippen molar-refractivity contribution in [2.45, 2.75) is 0 Å². The van der Waals surface area contributed by atoms with Gasteiger partial charge in [-0.2, -0.15) is 4.98 Å². The van der Waals surface area contributed by atoms with Gasteiger partial charge in [0, 0.05) is 20.1 Å². The van der Waals surface area contributed by atoms with Gasteiger partial charge in [-0.15, -0.1) is 0 Å². The highest BCUT2D eigenvalue weighted by atomic mass is 79.9. The first kappa shape index (κ1) is 14.1. The Kier molecular flexibility index (Phi) is 6.17. The number of anilines is 1. The molecule has 1 aromatic heterocycles. The van der Waals surface area contributed by atoms with Crippen LogP contribution in [0.2, 0.25) is 0 Å². The molecular weight excluding hydrogens is 288 g/mol. The Hall–Kier alpha value is -0.920. The van der Waals surface area contributed by atoms with Gasteiger partial charge in [-0.25, -0.2) is 4.98 Å². The van der Waals surface area contributed by atoms with Gasteiger partial charge in [-0.3, -0.25) is 0 Å². The van der Waals surface area contributed by atoms with Crippen molar-refractivity contribution < 1.29 is 9.47 Å². The van der Waals surface area contributed by atoms with E-state index in [0.29, 0.717) is 38.1 Å². The summed E-state index contributed by atoms with van der Waals surface area (Å²) < 4.78 is 11.1. The Labute approximate surface area is 109 Å². The molecule has 0 spiro atoms. The molecule has 7 heteroatoms. The average molecular weight is 305 g/mol. The van der Waals surface area contributed by atoms with E-state index in [2.05, 4.69) is 25.9 Å². The number of nitrogens with zero attached hydrogens (tertiary/aromatic N) is 3. The molecule has 0 bridgehead atoms. The number of nitrogens with two attached hydrogens (primary N) is 1. The first-order valence-electron chi connectivity index (χ1n) is 5.24. The third-order valence-electron chi connectivity index (χ3n) is 2.07. The molecule has 96 valence electrons. The van der Waals surface area contributed by atoms with Crippen LogP contribution in [-0.4, -0.2) is 50.4 Å². The highest BCUT2D eigenvalue weighted by molar-refractivity contribution is 9.10. The Bertz CT molecular complexity index is 351. The summed E-state index contributed by atoms with van der Waals surface area (Å²) >= 11 is 3.31. The fraction of sp³-hybridized carbons (Fsp3) is 0.600. The van der Waals surface area contributed by atoms with Crippen LogP contribution in [0.3, 0.4) is 0 Å². The highest BCUT2D eigenvalue weighted by Gasteiger charge is 2.08. The topological polar surface area (TPSA) is 73.5 Å². The predicted molar refractivity (Wildman–Crippen MR) is 69.4 cm³/mol. The fourth-order valence-corrected chi connectivity index (χ4v) is 1.51. The number of ether oxygens (including phenoxy) is 2. The summed E-state index contributed by atoms with van der Waals surface area (Å²) in [4.78, 5) is 10.3. The monoisotopic (exact) mass is 304 g/mol. The van der Waals surface area contributed by atoms with E-state index in [1.54, 1.807) is 13.3 Å². The van der Waals surface area contributed by atoms with E-state index in [9.17, 15) is 0 Å². The lowest BCUT2D eigenvalue weighted by molar-refractivity contribution is 0.148. The molecule has 1 aromatic rings. The Morgan fingerprint density at radius 1 is 1.47 bits per heavy atom. The normalized spacial score (nSPS) is 10.4. The Balaban J connectivity index is 2.53. The first-order chi connectivity index (χ1) is 8.19. The maximum Gasteiger partial charge on any atom is 0.232 e. The molecule has 1 rings (SSSR count). The highest BCUT2D eigenvalue weighted by Crippen LogP contribution is 2.22. The number of halogens is 1. The van der Waals surface area contributed by atoms with Gasteiger partial charge in [0.05, 0.1) is 31.0 Å². The van der Waals surface area contributed by atoms with E-state index in [1.165, 1.54) is 0 Å². The molecular formula is C10H17BrN4O2. The Morgan fingerprint density at radius 3 is 2.88 bits per heavy atom. The maximum atomic E-state index is 5.33. The van der Waals surface area contributed by atoms with Crippen LogP contribution in [0.1, 0.15) is 0 Å². The van der Waals surface area contributed by atoms with Crippen LogP contribution in [0.15, 0.2) is 10.7 Å². The molecule has 17 heavy (non-hydrogen) atoms. The van der Waals surface area contributed by atoms with Crippen LogP contribution in [0, 0.1) is 0 Å². The summed E-state index contributed by atoms with van der Waals surface area (Å²) in [7, 11) is 3.47. The molecule has 0 fully saturated rings. The predicted octanol–water partition coefficient (Wildman–Crippen LogP) is 0.659. The van der Waals surface area contributed by atoms with Gasteiger partial charge in [0.25, 0.3) is 0 Å². The zero-order chi connectivity index (χ0) is 12.7. The lowest BCUT2D eigenvalue weighted by Gasteiger charge is -2.17. The van der Waals surface area contributed by atoms with E-state index < -0.39 is 0 Å². The molecule has 0 saturated heterocycles. The molecule has 0 atom stereocenters. The molecule has 0 aliphatic carbocycles. The van der Waals surface area contributed by atoms with Gasteiger partial charge in [0.15, 0.2) is 0 Å². The molecule has 2 N–H and O–H groups in total. The van der Waals surface area contributed by atoms with Crippen molar-refractivity contribution in [3.05, 3.63) is 10.7 Å². The molecule has 0 aliphatic heterocycles. The van der Waals surface area contributed by atoms with E-state index in [-0.39, 0.29) is 0 Å². The lowest BCUT2D eigenvalue weighted by Crippen LogP contribution is -2.25. The van der Waals surface area contributed by atoms with Crippen molar-refractivity contribution in [3.63, 3.8) is 0 Å². The van der Waals surface area contributed by atoms with Crippen LogP contribution in [-0.2, 0) is 4.74 Å². The number of methoxy groups -OCH3 is 1. The maximum absolute atomic E-state index is 5.33. The molecule has 0 saturated carbocycles. The second-order valence-electron chi connectivity index (χ2n) is 3.35. The Morgan fingerprint density at radius 2 is 2.24 bits per heavy atom. The summed E-state index contributed by atoms with van der Waals surface area (Å²) in [6.07, 6.45) is 1.67. The van der Waals surface area contributed by atoms with Gasteiger partial charge < -0.3 is 20.1 Å². The smallest absolute Gasteiger partial charge is 0.232 e. The van der Waals surface area contributed by atoms with Crippen LogP contribution in [0.4, 0.5) is 5.95 Å². The van der Waals surface area contributed by atoms with Crippen LogP contribution in [0.5, 0.6) is 5.88 Å². The molecule has 0 unspecified atom stereocenters. The number of aromatic nitrogens is 2. The third-order valence-corrected chi connectivity index (χ3v) is 2.61. The second kappa shape index (κ2) is 7.41. The summed E-state index contributed by atoms with van der Waals surface area (Å²) in [6, 6.07) is 0. The SMILES string of the molecule is COc1nc(N(C)CCOCCN)ncc1Br. The van der Waals surface area contributed by atoms with E-state index >= 15 is 0 Å². The van der Waals surface area contributed by atoms with Crippen molar-refractivity contribution in [2.24, 2.45) is 5.73 Å². The zero-order valence-electron chi connectivity index (χ0n) is 10.0. The molecule has 0 aliphatic rings. The van der Waals surface area contributed by atoms with Crippen molar-refractivity contribution in [1.82, 2.24) is 9.97 Å². The van der Waals surface area contributed by atoms with E-state index in [0.717, 1.165) is 4.47 Å². The summed E-state index contributed by atoms with van der Waals surface area (Å²) in [5, 5.41) is 0. The minimum absolute atomic E-state index is 0.518. The number of hydrogen-bond donors (Lipinski definition) is 1. The van der Waals surface area contributed by atoms with Gasteiger partial charge in [-0.05, 0) is 15.9 Å². The molecule has 0 radical (unpaired) electrons. The summed E-state index contributed by atoms with van der Waals surface area (Å²) in [5.74, 6) is 1.12. The van der Waals surface area contributed by atoms with Crippen LogP contribution in [0.25, 0.3) is 0 Å². The van der Waals surface area contributed by atoms with Crippen LogP contribution < -0.4 is 15.4 Å². The zero-order valence-corrected chi connectivity index (χ0v) is 11.6. The first-order valence-corrected chi connectivity index (χ1v) is 6.03. The largest absolute Gasteiger partial charge is 0.480 e. The van der Waals surface area contributed by atoms with Crippen molar-refractivity contribution in [2.75, 3.05) is 45.4 Å². The molecule has 6 nitrogen and oxygen atoms in total. The van der Waals surface area contributed by atoms with Gasteiger partial charge in [-0.1, -0.05) is 0 Å². The fourth-order valence-electron chi connectivity index (χ4n) is 1.16. The molecule has 0 amide bonds. The van der Waals surface area contributed by atoms with Crippen molar-refractivity contribution in [1.29, 1.82) is 0 Å². The van der Waals surface area contributed by atoms with Crippen molar-refractivity contribution >= 4 is 21.9 Å². The molecule has 1 heterocycles. The minimum Gasteiger partial charge on any atom is -0.480 e. The number of hydrogen-bond acceptors (Lipinski definition) is 6. The third kappa shape index (κ3) is 4.45. The second-order valence-corrected chi connectivity index (χ2v) is 4.20. The van der Waals surface area contributed by atoms with Gasteiger partial charge >= 0.3 is 0 Å². The quantitative estimate of drug-likeness (QED) is 0.746. The molecule has 0 aromatic carbocycles. The lowest BCUT2D eigenvalue weighted by atomic mass is 10.5. The minimum atomic E-state index is 0.518. The summed E-state index contributed by atoms with van der Waals surface area (Å²) in [6.45, 7) is 2.39. The van der Waals surface area contributed by atoms with E-state index in [4.69, 9.17) is 15.2 Å². The van der Waals surface area contributed by atoms with E-state index in [1.807, 2.05) is 11.9 Å². The van der Waals surface area contributed by atoms with Gasteiger partial charge in [0.2, 0.25) is 11.8 Å². The number of rotatable bonds is 7. The number of likely N-dealkylation sites (N-methyl/N-ethyl adjacent to an activating group) is 1. The average Bonchev–Trinajstić information content (AvgIpc) is 2.35. The van der Waals surface area contributed by atoms with Crippen LogP contribution >= 0.6 is 15.9 Å².